The molecule has 0 aliphatic rings. The summed E-state index contributed by atoms with van der Waals surface area (Å²) in [5, 5.41) is 2.37. The van der Waals surface area contributed by atoms with Crippen LogP contribution in [0.1, 0.15) is 40.2 Å². The van der Waals surface area contributed by atoms with E-state index in [1.165, 1.54) is 78.9 Å². The van der Waals surface area contributed by atoms with Crippen molar-refractivity contribution >= 4 is 136 Å². The highest BCUT2D eigenvalue weighted by Gasteiger charge is 2.30. The van der Waals surface area contributed by atoms with Crippen molar-refractivity contribution in [2.45, 2.75) is 90.5 Å². The van der Waals surface area contributed by atoms with E-state index in [0.29, 0.717) is 88.7 Å². The van der Waals surface area contributed by atoms with E-state index in [-0.39, 0.29) is 62.2 Å². The van der Waals surface area contributed by atoms with Gasteiger partial charge in [-0.2, -0.15) is 0 Å². The van der Waals surface area contributed by atoms with Crippen molar-refractivity contribution in [2.24, 2.45) is 0 Å². The quantitative estimate of drug-likeness (QED) is 0.0505. The van der Waals surface area contributed by atoms with Crippen LogP contribution in [-0.2, 0) is 49.2 Å². The van der Waals surface area contributed by atoms with Crippen LogP contribution in [0.3, 0.4) is 0 Å². The largest absolute Gasteiger partial charge is 0.490 e. The third-order valence-electron chi connectivity index (χ3n) is 17.2. The van der Waals surface area contributed by atoms with Gasteiger partial charge in [-0.05, 0) is 199 Å². The number of fused-ring (bicyclic) bond motifs is 5. The molecule has 0 saturated carbocycles. The topological polar surface area (TPSA) is 368 Å². The Labute approximate surface area is 696 Å². The molecule has 0 aliphatic heterocycles. The normalized spacial score (nSPS) is 11.6. The number of rotatable bonds is 20. The van der Waals surface area contributed by atoms with Crippen LogP contribution >= 0.6 is 31.9 Å². The third kappa shape index (κ3) is 19.7. The van der Waals surface area contributed by atoms with Gasteiger partial charge in [0.25, 0.3) is 0 Å². The summed E-state index contributed by atoms with van der Waals surface area (Å²) in [5.74, 6) is 1.41. The number of para-hydroxylation sites is 5. The van der Waals surface area contributed by atoms with Gasteiger partial charge in [-0.25, -0.2) is 70.5 Å². The molecule has 0 fully saturated rings. The number of ether oxygens (including phenoxy) is 5. The Hall–Kier alpha value is -12.1. The summed E-state index contributed by atoms with van der Waals surface area (Å²) in [6.07, 6.45) is 0. The van der Waals surface area contributed by atoms with Crippen molar-refractivity contribution in [1.82, 2.24) is 0 Å². The molecule has 33 heteroatoms. The Morgan fingerprint density at radius 3 is 0.689 bits per heavy atom. The maximum Gasteiger partial charge on any atom is 0.355 e. The molecule has 5 heterocycles. The van der Waals surface area contributed by atoms with Gasteiger partial charge in [-0.1, -0.05) is 128 Å². The van der Waals surface area contributed by atoms with E-state index >= 15 is 0 Å². The average molecular weight is 1840 g/mol. The summed E-state index contributed by atoms with van der Waals surface area (Å²) in [5.41, 5.74) is -2.59. The Bertz CT molecular complexity index is 6530. The second-order valence-electron chi connectivity index (χ2n) is 25.0. The molecule has 0 saturated heterocycles. The van der Waals surface area contributed by atoms with Gasteiger partial charge in [0.1, 0.15) is 5.82 Å². The second kappa shape index (κ2) is 37.7. The van der Waals surface area contributed by atoms with Gasteiger partial charge in [0.2, 0.25) is 49.2 Å². The lowest BCUT2D eigenvalue weighted by Gasteiger charge is -2.08. The molecule has 0 unspecified atom stereocenters. The van der Waals surface area contributed by atoms with Gasteiger partial charge in [-0.3, -0.25) is 0 Å². The van der Waals surface area contributed by atoms with E-state index in [9.17, 15) is 70.5 Å². The zero-order valence-electron chi connectivity index (χ0n) is 63.6. The Kier molecular flexibility index (Phi) is 27.8. The Morgan fingerprint density at radius 1 is 0.269 bits per heavy atom. The van der Waals surface area contributed by atoms with E-state index < -0.39 is 97.8 Å². The van der Waals surface area contributed by atoms with Crippen molar-refractivity contribution in [2.75, 3.05) is 33.0 Å². The van der Waals surface area contributed by atoms with Crippen molar-refractivity contribution in [3.63, 3.8) is 0 Å². The molecule has 119 heavy (non-hydrogen) atoms. The number of hydrogen-bond acceptors (Lipinski definition) is 25. The SMILES string of the molecule is CCOc1cccc2cc(S(=O)(=O)c3ccc(Br)cc3)c(=O)oc12.CCOc1cccc2cc(S(=O)(=O)c3ccc(Br)cc3)c(=O)oc12.CCOc1cccc2cc(S(=O)(=O)c3ccc(C)cc3)c(=O)oc12.CCOc1cccc2cc(S(=O)(=O)c3ccc(F)cc3)c(=O)oc12.CCOc1cccc2cc(S(=O)(=O)c3ccccc3)c(=O)oc12. The van der Waals surface area contributed by atoms with Gasteiger partial charge in [0, 0.05) is 35.9 Å². The van der Waals surface area contributed by atoms with Gasteiger partial charge in [0.15, 0.2) is 81.1 Å². The lowest BCUT2D eigenvalue weighted by molar-refractivity contribution is 0.336. The molecule has 5 aromatic heterocycles. The van der Waals surface area contributed by atoms with Crippen LogP contribution in [0, 0.1) is 12.7 Å². The van der Waals surface area contributed by atoms with E-state index in [2.05, 4.69) is 31.9 Å². The van der Waals surface area contributed by atoms with E-state index in [0.717, 1.165) is 38.8 Å². The highest BCUT2D eigenvalue weighted by atomic mass is 79.9. The highest BCUT2D eigenvalue weighted by Crippen LogP contribution is 2.35. The summed E-state index contributed by atoms with van der Waals surface area (Å²) in [4.78, 5) is 59.1. The Morgan fingerprint density at radius 2 is 0.471 bits per heavy atom. The van der Waals surface area contributed by atoms with Crippen LogP contribution in [0.2, 0.25) is 0 Å². The molecular formula is C86H69Br2FO25S5. The second-order valence-corrected chi connectivity index (χ2v) is 36.5. The number of halogens is 3. The zero-order chi connectivity index (χ0) is 85.7. The van der Waals surface area contributed by atoms with Gasteiger partial charge < -0.3 is 45.8 Å². The van der Waals surface area contributed by atoms with Crippen LogP contribution in [0.4, 0.5) is 4.39 Å². The van der Waals surface area contributed by atoms with E-state index in [4.69, 9.17) is 45.8 Å². The highest BCUT2D eigenvalue weighted by molar-refractivity contribution is 9.10. The zero-order valence-corrected chi connectivity index (χ0v) is 70.8. The minimum Gasteiger partial charge on any atom is -0.490 e. The standard InChI is InChI=1S/C18H16O5S.2C17H13BrO5S.C17H13FO5S.C17H14O5S/c1-3-22-15-6-4-5-13-11-16(18(19)23-17(13)15)24(20,21)14-9-7-12(2)8-10-14;3*1-2-22-14-5-3-4-11-10-15(17(19)23-16(11)14)24(20,21)13-8-6-12(18)7-9-13;1-2-21-14-10-6-7-12-11-15(17(18)22-16(12)14)23(19,20)13-8-4-3-5-9-13/h4-11H,3H2,1-2H3;3*3-10H,2H2,1H3;3-11H,2H2,1H3. The summed E-state index contributed by atoms with van der Waals surface area (Å²) < 4.78 is 194. The molecule has 0 atom stereocenters. The molecule has 25 nitrogen and oxygen atoms in total. The van der Waals surface area contributed by atoms with Gasteiger partial charge in [-0.15, -0.1) is 0 Å². The maximum atomic E-state index is 13.0. The summed E-state index contributed by atoms with van der Waals surface area (Å²) in [6, 6.07) is 62.1. The predicted molar refractivity (Wildman–Crippen MR) is 448 cm³/mol. The third-order valence-corrected chi connectivity index (χ3v) is 27.0. The molecule has 0 radical (unpaired) electrons. The molecule has 10 aromatic carbocycles. The van der Waals surface area contributed by atoms with Gasteiger partial charge in [0.05, 0.1) is 57.5 Å². The summed E-state index contributed by atoms with van der Waals surface area (Å²) in [7, 11) is -19.9. The minimum absolute atomic E-state index is 0.0262. The average Bonchev–Trinajstić information content (AvgIpc) is 0.787. The van der Waals surface area contributed by atoms with Crippen molar-refractivity contribution < 1.29 is 92.2 Å². The smallest absolute Gasteiger partial charge is 0.355 e. The van der Waals surface area contributed by atoms with Crippen LogP contribution in [0.5, 0.6) is 28.7 Å². The fraction of sp³-hybridized carbons (Fsp3) is 0.128. The van der Waals surface area contributed by atoms with E-state index in [1.54, 1.807) is 153 Å². The van der Waals surface area contributed by atoms with Crippen LogP contribution in [0.25, 0.3) is 54.8 Å². The first kappa shape index (κ1) is 87.7. The molecule has 614 valence electrons. The number of benzene rings is 10. The first-order chi connectivity index (χ1) is 56.8. The molecule has 0 N–H and O–H groups in total. The fourth-order valence-corrected chi connectivity index (χ4v) is 18.6. The Balaban J connectivity index is 0.000000146. The van der Waals surface area contributed by atoms with Gasteiger partial charge >= 0.3 is 28.1 Å². The molecule has 0 amide bonds. The molecule has 15 aromatic rings. The van der Waals surface area contributed by atoms with Crippen LogP contribution in [0.15, 0.2) is 353 Å². The number of hydrogen-bond donors (Lipinski definition) is 0. The maximum absolute atomic E-state index is 13.0. The van der Waals surface area contributed by atoms with Crippen LogP contribution < -0.4 is 51.8 Å². The predicted octanol–water partition coefficient (Wildman–Crippen LogP) is 17.1. The summed E-state index contributed by atoms with van der Waals surface area (Å²) in [6.45, 7) is 12.9. The number of aryl methyl sites for hydroxylation is 1. The molecule has 15 rings (SSSR count). The lowest BCUT2D eigenvalue weighted by atomic mass is 10.2. The monoisotopic (exact) mass is 1840 g/mol. The van der Waals surface area contributed by atoms with Crippen molar-refractivity contribution in [1.29, 1.82) is 0 Å². The van der Waals surface area contributed by atoms with Crippen LogP contribution in [-0.4, -0.2) is 75.1 Å². The van der Waals surface area contributed by atoms with Crippen molar-refractivity contribution in [3.05, 3.63) is 321 Å². The first-order valence-electron chi connectivity index (χ1n) is 35.9. The molecule has 0 bridgehead atoms. The lowest BCUT2D eigenvalue weighted by Crippen LogP contribution is -2.14. The molecular weight excluding hydrogens is 1770 g/mol. The molecule has 0 spiro atoms. The van der Waals surface area contributed by atoms with Crippen molar-refractivity contribution in [3.8, 4) is 28.7 Å². The first-order valence-corrected chi connectivity index (χ1v) is 44.9. The fourth-order valence-electron chi connectivity index (χ4n) is 11.6. The summed E-state index contributed by atoms with van der Waals surface area (Å²) >= 11 is 6.50. The van der Waals surface area contributed by atoms with E-state index in [1.807, 2.05) is 34.6 Å². The minimum atomic E-state index is -4.12. The molecule has 0 aliphatic carbocycles. The number of sulfone groups is 5.